The Balaban J connectivity index is 1.96. The van der Waals surface area contributed by atoms with Crippen molar-refractivity contribution in [1.82, 2.24) is 9.97 Å². The molecular formula is C19H18N2. The van der Waals surface area contributed by atoms with Gasteiger partial charge in [0.25, 0.3) is 0 Å². The van der Waals surface area contributed by atoms with Crippen LogP contribution in [0.3, 0.4) is 0 Å². The largest absolute Gasteiger partial charge is 0.251 e. The SMILES string of the molecule is Cc1cccc(-c2cccc(/C=C3\C=CC=CC3C)n2)n1. The summed E-state index contributed by atoms with van der Waals surface area (Å²) in [4.78, 5) is 9.25. The highest BCUT2D eigenvalue weighted by molar-refractivity contribution is 5.60. The first-order valence-electron chi connectivity index (χ1n) is 7.20. The molecule has 0 spiro atoms. The van der Waals surface area contributed by atoms with Crippen molar-refractivity contribution in [2.45, 2.75) is 13.8 Å². The lowest BCUT2D eigenvalue weighted by molar-refractivity contribution is 0.890. The van der Waals surface area contributed by atoms with Gasteiger partial charge >= 0.3 is 0 Å². The zero-order chi connectivity index (χ0) is 14.7. The van der Waals surface area contributed by atoms with Gasteiger partial charge in [0.2, 0.25) is 0 Å². The summed E-state index contributed by atoms with van der Waals surface area (Å²) in [6, 6.07) is 12.1. The number of aromatic nitrogens is 2. The standard InChI is InChI=1S/C19H18N2/c1-14-7-3-4-9-16(14)13-17-10-6-12-19(21-17)18-11-5-8-15(2)20-18/h3-14H,1-2H3/b16-13+. The molecule has 0 bridgehead atoms. The van der Waals surface area contributed by atoms with Crippen molar-refractivity contribution in [2.75, 3.05) is 0 Å². The summed E-state index contributed by atoms with van der Waals surface area (Å²) < 4.78 is 0. The monoisotopic (exact) mass is 274 g/mol. The van der Waals surface area contributed by atoms with Gasteiger partial charge in [-0.2, -0.15) is 0 Å². The first-order valence-corrected chi connectivity index (χ1v) is 7.20. The third kappa shape index (κ3) is 3.16. The zero-order valence-corrected chi connectivity index (χ0v) is 12.3. The molecule has 3 rings (SSSR count). The molecular weight excluding hydrogens is 256 g/mol. The minimum Gasteiger partial charge on any atom is -0.251 e. The van der Waals surface area contributed by atoms with Gasteiger partial charge in [-0.3, -0.25) is 4.98 Å². The Hall–Kier alpha value is -2.48. The lowest BCUT2D eigenvalue weighted by atomic mass is 9.95. The molecule has 0 saturated heterocycles. The Morgan fingerprint density at radius 2 is 1.71 bits per heavy atom. The minimum absolute atomic E-state index is 0.428. The highest BCUT2D eigenvalue weighted by atomic mass is 14.8. The van der Waals surface area contributed by atoms with Gasteiger partial charge in [0.15, 0.2) is 0 Å². The molecule has 1 unspecified atom stereocenters. The average molecular weight is 274 g/mol. The molecule has 104 valence electrons. The molecule has 0 fully saturated rings. The first kappa shape index (κ1) is 13.5. The number of hydrogen-bond acceptors (Lipinski definition) is 2. The molecule has 0 saturated carbocycles. The van der Waals surface area contributed by atoms with Crippen molar-refractivity contribution in [3.05, 3.63) is 77.7 Å². The van der Waals surface area contributed by atoms with E-state index in [0.29, 0.717) is 5.92 Å². The van der Waals surface area contributed by atoms with Crippen LogP contribution in [0.25, 0.3) is 17.5 Å². The van der Waals surface area contributed by atoms with Crippen LogP contribution in [0.1, 0.15) is 18.3 Å². The number of pyridine rings is 2. The molecule has 2 nitrogen and oxygen atoms in total. The van der Waals surface area contributed by atoms with Crippen LogP contribution in [-0.2, 0) is 0 Å². The van der Waals surface area contributed by atoms with Crippen molar-refractivity contribution < 1.29 is 0 Å². The number of aryl methyl sites for hydroxylation is 1. The molecule has 0 aromatic carbocycles. The quantitative estimate of drug-likeness (QED) is 0.800. The topological polar surface area (TPSA) is 25.8 Å². The number of allylic oxidation sites excluding steroid dienone is 5. The fourth-order valence-corrected chi connectivity index (χ4v) is 2.37. The molecule has 0 radical (unpaired) electrons. The fraction of sp³-hybridized carbons (Fsp3) is 0.158. The molecule has 1 atom stereocenters. The summed E-state index contributed by atoms with van der Waals surface area (Å²) in [5, 5.41) is 0. The Morgan fingerprint density at radius 1 is 0.952 bits per heavy atom. The molecule has 0 aliphatic heterocycles. The van der Waals surface area contributed by atoms with Crippen LogP contribution in [0.4, 0.5) is 0 Å². The molecule has 2 heterocycles. The smallest absolute Gasteiger partial charge is 0.0893 e. The summed E-state index contributed by atoms with van der Waals surface area (Å²) >= 11 is 0. The van der Waals surface area contributed by atoms with Crippen LogP contribution in [0.2, 0.25) is 0 Å². The van der Waals surface area contributed by atoms with Crippen LogP contribution in [0, 0.1) is 12.8 Å². The summed E-state index contributed by atoms with van der Waals surface area (Å²) in [5.74, 6) is 0.428. The second kappa shape index (κ2) is 5.88. The van der Waals surface area contributed by atoms with Gasteiger partial charge in [0, 0.05) is 5.69 Å². The van der Waals surface area contributed by atoms with Crippen molar-refractivity contribution >= 4 is 6.08 Å². The molecule has 21 heavy (non-hydrogen) atoms. The maximum Gasteiger partial charge on any atom is 0.0893 e. The second-order valence-corrected chi connectivity index (χ2v) is 5.29. The second-order valence-electron chi connectivity index (χ2n) is 5.29. The molecule has 0 amide bonds. The molecule has 2 aromatic heterocycles. The molecule has 2 heteroatoms. The summed E-state index contributed by atoms with van der Waals surface area (Å²) in [6.45, 7) is 4.19. The van der Waals surface area contributed by atoms with Crippen LogP contribution in [-0.4, -0.2) is 9.97 Å². The number of rotatable bonds is 2. The van der Waals surface area contributed by atoms with E-state index >= 15 is 0 Å². The van der Waals surface area contributed by atoms with Crippen LogP contribution >= 0.6 is 0 Å². The van der Waals surface area contributed by atoms with Crippen LogP contribution in [0.5, 0.6) is 0 Å². The zero-order valence-electron chi connectivity index (χ0n) is 12.3. The average Bonchev–Trinajstić information content (AvgIpc) is 2.50. The van der Waals surface area contributed by atoms with Gasteiger partial charge in [-0.15, -0.1) is 0 Å². The molecule has 1 aliphatic carbocycles. The summed E-state index contributed by atoms with van der Waals surface area (Å²) in [6.07, 6.45) is 10.6. The summed E-state index contributed by atoms with van der Waals surface area (Å²) in [5.41, 5.74) is 5.09. The van der Waals surface area contributed by atoms with Gasteiger partial charge in [0.1, 0.15) is 0 Å². The fourth-order valence-electron chi connectivity index (χ4n) is 2.37. The lowest BCUT2D eigenvalue weighted by Crippen LogP contribution is -1.97. The predicted molar refractivity (Wildman–Crippen MR) is 87.6 cm³/mol. The molecule has 0 N–H and O–H groups in total. The Bertz CT molecular complexity index is 739. The Morgan fingerprint density at radius 3 is 2.48 bits per heavy atom. The van der Waals surface area contributed by atoms with E-state index in [1.54, 1.807) is 0 Å². The lowest BCUT2D eigenvalue weighted by Gasteiger charge is -2.11. The predicted octanol–water partition coefficient (Wildman–Crippen LogP) is 4.60. The Kier molecular flexibility index (Phi) is 3.78. The van der Waals surface area contributed by atoms with E-state index in [9.17, 15) is 0 Å². The third-order valence-corrected chi connectivity index (χ3v) is 3.56. The van der Waals surface area contributed by atoms with Crippen molar-refractivity contribution in [3.8, 4) is 11.4 Å². The van der Waals surface area contributed by atoms with Gasteiger partial charge in [0.05, 0.1) is 17.1 Å². The van der Waals surface area contributed by atoms with E-state index in [-0.39, 0.29) is 0 Å². The van der Waals surface area contributed by atoms with E-state index in [0.717, 1.165) is 22.8 Å². The Labute approximate surface area is 125 Å². The molecule has 2 aromatic rings. The minimum atomic E-state index is 0.428. The third-order valence-electron chi connectivity index (χ3n) is 3.56. The van der Waals surface area contributed by atoms with E-state index in [4.69, 9.17) is 4.98 Å². The van der Waals surface area contributed by atoms with E-state index in [2.05, 4.69) is 42.3 Å². The molecule has 1 aliphatic rings. The van der Waals surface area contributed by atoms with Crippen molar-refractivity contribution in [1.29, 1.82) is 0 Å². The number of hydrogen-bond donors (Lipinski definition) is 0. The van der Waals surface area contributed by atoms with Gasteiger partial charge in [-0.1, -0.05) is 43.4 Å². The maximum absolute atomic E-state index is 4.72. The number of nitrogens with zero attached hydrogens (tertiary/aromatic N) is 2. The van der Waals surface area contributed by atoms with Gasteiger partial charge in [-0.05, 0) is 48.8 Å². The van der Waals surface area contributed by atoms with E-state index in [1.807, 2.05) is 43.3 Å². The first-order chi connectivity index (χ1) is 10.2. The van der Waals surface area contributed by atoms with E-state index in [1.165, 1.54) is 5.57 Å². The maximum atomic E-state index is 4.72. The highest BCUT2D eigenvalue weighted by Crippen LogP contribution is 2.22. The van der Waals surface area contributed by atoms with Crippen LogP contribution < -0.4 is 0 Å². The van der Waals surface area contributed by atoms with Crippen molar-refractivity contribution in [3.63, 3.8) is 0 Å². The van der Waals surface area contributed by atoms with Crippen molar-refractivity contribution in [2.24, 2.45) is 5.92 Å². The summed E-state index contributed by atoms with van der Waals surface area (Å²) in [7, 11) is 0. The van der Waals surface area contributed by atoms with E-state index < -0.39 is 0 Å². The van der Waals surface area contributed by atoms with Crippen LogP contribution in [0.15, 0.2) is 66.3 Å². The van der Waals surface area contributed by atoms with Gasteiger partial charge < -0.3 is 0 Å². The van der Waals surface area contributed by atoms with Gasteiger partial charge in [-0.25, -0.2) is 4.98 Å². The normalized spacial score (nSPS) is 19.1. The highest BCUT2D eigenvalue weighted by Gasteiger charge is 2.06.